The molecule has 2 amide bonds. The first-order valence-corrected chi connectivity index (χ1v) is 13.1. The average molecular weight is 506 g/mol. The summed E-state index contributed by atoms with van der Waals surface area (Å²) in [5.74, 6) is 1.21. The lowest BCUT2D eigenvalue weighted by atomic mass is 9.69. The van der Waals surface area contributed by atoms with Crippen molar-refractivity contribution in [3.05, 3.63) is 59.7 Å². The van der Waals surface area contributed by atoms with Crippen LogP contribution in [0.1, 0.15) is 63.5 Å². The maximum atomic E-state index is 13.1. The minimum Gasteiger partial charge on any atom is -0.493 e. The molecule has 1 saturated heterocycles. The summed E-state index contributed by atoms with van der Waals surface area (Å²) < 4.78 is 10.8. The van der Waals surface area contributed by atoms with Crippen LogP contribution in [0.3, 0.4) is 0 Å². The number of ether oxygens (including phenoxy) is 2. The van der Waals surface area contributed by atoms with Crippen LogP contribution in [0, 0.1) is 17.2 Å². The van der Waals surface area contributed by atoms with Crippen molar-refractivity contribution >= 4 is 11.8 Å². The lowest BCUT2D eigenvalue weighted by Gasteiger charge is -2.31. The van der Waals surface area contributed by atoms with E-state index < -0.39 is 11.5 Å². The number of nitriles is 1. The van der Waals surface area contributed by atoms with Gasteiger partial charge in [0.2, 0.25) is 11.8 Å². The summed E-state index contributed by atoms with van der Waals surface area (Å²) >= 11 is 0. The lowest BCUT2D eigenvalue weighted by molar-refractivity contribution is -0.138. The van der Waals surface area contributed by atoms with Gasteiger partial charge in [-0.1, -0.05) is 62.7 Å². The van der Waals surface area contributed by atoms with Crippen LogP contribution in [-0.4, -0.2) is 43.5 Å². The van der Waals surface area contributed by atoms with Gasteiger partial charge in [0, 0.05) is 25.1 Å². The van der Waals surface area contributed by atoms with Crippen LogP contribution in [0.5, 0.6) is 11.5 Å². The molecule has 0 unspecified atom stereocenters. The molecule has 0 radical (unpaired) electrons. The highest BCUT2D eigenvalue weighted by Crippen LogP contribution is 2.37. The molecule has 7 nitrogen and oxygen atoms in total. The Balaban J connectivity index is 1.54. The van der Waals surface area contributed by atoms with Crippen molar-refractivity contribution in [2.24, 2.45) is 5.92 Å². The van der Waals surface area contributed by atoms with Gasteiger partial charge in [0.15, 0.2) is 11.5 Å². The van der Waals surface area contributed by atoms with E-state index in [1.165, 1.54) is 0 Å². The standard InChI is InChI=1S/C30H39N3O4/c1-22(2)30(21-31,24-13-6-5-7-14-24)18-9-8-17-27(34)33-19-11-15-25(33)29(35)32-20-23-12-10-16-26(36-3)28(23)37-4/h5-7,10,12-14,16,22,25H,8-9,11,15,17-20H2,1-4H3,(H,32,35)/t25-,30+/m1/s1. The molecule has 0 spiro atoms. The van der Waals surface area contributed by atoms with Crippen molar-refractivity contribution in [3.8, 4) is 17.6 Å². The molecule has 1 aliphatic heterocycles. The van der Waals surface area contributed by atoms with Crippen LogP contribution in [0.2, 0.25) is 0 Å². The number of unbranched alkanes of at least 4 members (excludes halogenated alkanes) is 1. The van der Waals surface area contributed by atoms with E-state index in [1.54, 1.807) is 19.1 Å². The van der Waals surface area contributed by atoms with Crippen molar-refractivity contribution in [2.45, 2.75) is 70.4 Å². The summed E-state index contributed by atoms with van der Waals surface area (Å²) in [6.07, 6.45) is 4.00. The van der Waals surface area contributed by atoms with Crippen LogP contribution >= 0.6 is 0 Å². The molecule has 0 aliphatic carbocycles. The maximum Gasteiger partial charge on any atom is 0.243 e. The molecule has 1 aliphatic rings. The second-order valence-electron chi connectivity index (χ2n) is 9.93. The third-order valence-corrected chi connectivity index (χ3v) is 7.50. The Bertz CT molecular complexity index is 1100. The van der Waals surface area contributed by atoms with E-state index >= 15 is 0 Å². The highest BCUT2D eigenvalue weighted by atomic mass is 16.5. The van der Waals surface area contributed by atoms with E-state index in [0.717, 1.165) is 24.0 Å². The number of benzene rings is 2. The third-order valence-electron chi connectivity index (χ3n) is 7.50. The number of likely N-dealkylation sites (tertiary alicyclic amines) is 1. The molecule has 1 N–H and O–H groups in total. The van der Waals surface area contributed by atoms with Crippen LogP contribution in [0.15, 0.2) is 48.5 Å². The zero-order chi connectivity index (χ0) is 26.8. The Morgan fingerprint density at radius 2 is 1.86 bits per heavy atom. The first-order chi connectivity index (χ1) is 17.9. The van der Waals surface area contributed by atoms with Crippen LogP contribution in [0.25, 0.3) is 0 Å². The third kappa shape index (κ3) is 6.43. The normalized spacial score (nSPS) is 16.6. The molecule has 1 fully saturated rings. The fourth-order valence-corrected chi connectivity index (χ4v) is 5.31. The van der Waals surface area contributed by atoms with E-state index in [-0.39, 0.29) is 17.7 Å². The van der Waals surface area contributed by atoms with Gasteiger partial charge in [-0.2, -0.15) is 5.26 Å². The summed E-state index contributed by atoms with van der Waals surface area (Å²) in [6.45, 7) is 5.05. The van der Waals surface area contributed by atoms with Gasteiger partial charge in [-0.25, -0.2) is 0 Å². The Morgan fingerprint density at radius 3 is 2.51 bits per heavy atom. The predicted octanol–water partition coefficient (Wildman–Crippen LogP) is 4.99. The first-order valence-electron chi connectivity index (χ1n) is 13.1. The molecule has 3 rings (SSSR count). The quantitative estimate of drug-likeness (QED) is 0.411. The number of nitrogens with one attached hydrogen (secondary N) is 1. The predicted molar refractivity (Wildman–Crippen MR) is 143 cm³/mol. The number of amides is 2. The monoisotopic (exact) mass is 505 g/mol. The zero-order valence-electron chi connectivity index (χ0n) is 22.5. The Hall–Kier alpha value is -3.53. The molecule has 0 bridgehead atoms. The van der Waals surface area contributed by atoms with Crippen LogP contribution < -0.4 is 14.8 Å². The molecular weight excluding hydrogens is 466 g/mol. The summed E-state index contributed by atoms with van der Waals surface area (Å²) in [7, 11) is 3.15. The Labute approximate surface area is 220 Å². The molecule has 0 saturated carbocycles. The van der Waals surface area contributed by atoms with Crippen molar-refractivity contribution in [2.75, 3.05) is 20.8 Å². The Kier molecular flexibility index (Phi) is 9.96. The molecule has 198 valence electrons. The van der Waals surface area contributed by atoms with Gasteiger partial charge in [-0.3, -0.25) is 9.59 Å². The van der Waals surface area contributed by atoms with Gasteiger partial charge in [0.05, 0.1) is 25.7 Å². The van der Waals surface area contributed by atoms with E-state index in [4.69, 9.17) is 9.47 Å². The largest absolute Gasteiger partial charge is 0.493 e. The van der Waals surface area contributed by atoms with E-state index in [2.05, 4.69) is 25.2 Å². The van der Waals surface area contributed by atoms with Crippen molar-refractivity contribution < 1.29 is 19.1 Å². The van der Waals surface area contributed by atoms with Gasteiger partial charge in [0.25, 0.3) is 0 Å². The number of methoxy groups -OCH3 is 2. The summed E-state index contributed by atoms with van der Waals surface area (Å²) in [5.41, 5.74) is 1.28. The molecule has 0 aromatic heterocycles. The fraction of sp³-hybridized carbons (Fsp3) is 0.500. The average Bonchev–Trinajstić information content (AvgIpc) is 3.42. The van der Waals surface area contributed by atoms with E-state index in [0.29, 0.717) is 50.3 Å². The van der Waals surface area contributed by atoms with Crippen molar-refractivity contribution in [1.29, 1.82) is 5.26 Å². The van der Waals surface area contributed by atoms with Crippen LogP contribution in [0.4, 0.5) is 0 Å². The zero-order valence-corrected chi connectivity index (χ0v) is 22.5. The van der Waals surface area contributed by atoms with Gasteiger partial charge in [0.1, 0.15) is 6.04 Å². The number of rotatable bonds is 12. The minimum absolute atomic E-state index is 0.00317. The summed E-state index contributed by atoms with van der Waals surface area (Å²) in [4.78, 5) is 27.8. The molecule has 1 heterocycles. The number of carbonyl (C=O) groups excluding carboxylic acids is 2. The van der Waals surface area contributed by atoms with Gasteiger partial charge >= 0.3 is 0 Å². The fourth-order valence-electron chi connectivity index (χ4n) is 5.31. The van der Waals surface area contributed by atoms with Crippen molar-refractivity contribution in [1.82, 2.24) is 10.2 Å². The smallest absolute Gasteiger partial charge is 0.243 e. The topological polar surface area (TPSA) is 91.7 Å². The van der Waals surface area contributed by atoms with E-state index in [1.807, 2.05) is 48.5 Å². The second kappa shape index (κ2) is 13.1. The highest BCUT2D eigenvalue weighted by molar-refractivity contribution is 5.88. The molecule has 2 atom stereocenters. The Morgan fingerprint density at radius 1 is 1.11 bits per heavy atom. The summed E-state index contributed by atoms with van der Waals surface area (Å²) in [6, 6.07) is 17.6. The molecule has 37 heavy (non-hydrogen) atoms. The van der Waals surface area contributed by atoms with Gasteiger partial charge in [-0.05, 0) is 43.2 Å². The molecular formula is C30H39N3O4. The number of nitrogens with zero attached hydrogens (tertiary/aromatic N) is 2. The summed E-state index contributed by atoms with van der Waals surface area (Å²) in [5, 5.41) is 13.1. The van der Waals surface area contributed by atoms with Crippen molar-refractivity contribution in [3.63, 3.8) is 0 Å². The van der Waals surface area contributed by atoms with E-state index in [9.17, 15) is 14.9 Å². The lowest BCUT2D eigenvalue weighted by Crippen LogP contribution is -2.45. The number of para-hydroxylation sites is 1. The number of hydrogen-bond acceptors (Lipinski definition) is 5. The molecule has 2 aromatic rings. The minimum atomic E-state index is -0.568. The first kappa shape index (κ1) is 28.0. The number of carbonyl (C=O) groups is 2. The number of hydrogen-bond donors (Lipinski definition) is 1. The SMILES string of the molecule is COc1cccc(CNC(=O)[C@H]2CCCN2C(=O)CCCC[C@@](C#N)(c2ccccc2)C(C)C)c1OC. The highest BCUT2D eigenvalue weighted by Gasteiger charge is 2.36. The second-order valence-corrected chi connectivity index (χ2v) is 9.93. The maximum absolute atomic E-state index is 13.1. The van der Waals surface area contributed by atoms with Gasteiger partial charge < -0.3 is 19.7 Å². The molecule has 7 heteroatoms. The van der Waals surface area contributed by atoms with Crippen LogP contribution in [-0.2, 0) is 21.5 Å². The van der Waals surface area contributed by atoms with Gasteiger partial charge in [-0.15, -0.1) is 0 Å². The molecule has 2 aromatic carbocycles.